The fraction of sp³-hybridized carbons (Fsp3) is 0.881. The zero-order chi connectivity index (χ0) is 59.7. The van der Waals surface area contributed by atoms with Gasteiger partial charge in [-0.25, -0.2) is 4.79 Å². The number of hydrogen-bond acceptors (Lipinski definition) is 20. The summed E-state index contributed by atoms with van der Waals surface area (Å²) in [5, 5.41) is 32.6. The average Bonchev–Trinajstić information content (AvgIpc) is 3.65. The van der Waals surface area contributed by atoms with Gasteiger partial charge < -0.3 is 72.0 Å². The lowest BCUT2D eigenvalue weighted by Crippen LogP contribution is -2.59. The SMILES string of the molecule is CCN1C[C@H](C)O[C@@H](O[C@H]2[C@H](C)[C@@H](O[C@@H]3O[C@H](C)C/C(=C\C#N)[C@H]3O)[C@@H](C)C[C@](C)(OC(=O)N3C[C@@H](C)O[C@@H](C)C3)C(=O)[C@H](C)[C@H](OC(=O)CC(C)C)[C@@H](C)[C@@H]([C@@H](C)CO[C@@H]3O[C@H](C)[C@@H](O)[C@@H](OC)[C@H]3OC)OC(=O)[C@@H]2C)C[C@H]1C. The second-order valence-electron chi connectivity index (χ2n) is 24.5. The van der Waals surface area contributed by atoms with Crippen molar-refractivity contribution in [2.45, 2.75) is 246 Å². The summed E-state index contributed by atoms with van der Waals surface area (Å²) < 4.78 is 76.8. The molecule has 21 heteroatoms. The van der Waals surface area contributed by atoms with Crippen molar-refractivity contribution in [1.29, 1.82) is 5.26 Å². The Kier molecular flexibility index (Phi) is 25.2. The van der Waals surface area contributed by atoms with Crippen LogP contribution in [0.4, 0.5) is 4.79 Å². The van der Waals surface area contributed by atoms with E-state index < -0.39 is 145 Å². The molecule has 0 aromatic heterocycles. The number of carbonyl (C=O) groups excluding carboxylic acids is 4. The van der Waals surface area contributed by atoms with Crippen LogP contribution in [0.1, 0.15) is 136 Å². The average molecular weight is 1140 g/mol. The molecule has 5 rings (SSSR count). The van der Waals surface area contributed by atoms with Crippen molar-refractivity contribution in [1.82, 2.24) is 9.80 Å². The summed E-state index contributed by atoms with van der Waals surface area (Å²) in [4.78, 5) is 64.0. The highest BCUT2D eigenvalue weighted by Gasteiger charge is 2.53. The van der Waals surface area contributed by atoms with Crippen LogP contribution in [0.5, 0.6) is 0 Å². The van der Waals surface area contributed by atoms with E-state index in [2.05, 4.69) is 18.7 Å². The molecule has 0 radical (unpaired) electrons. The Hall–Kier alpha value is -3.37. The number of aliphatic hydroxyl groups excluding tert-OH is 2. The van der Waals surface area contributed by atoms with Gasteiger partial charge in [0.25, 0.3) is 0 Å². The third-order valence-corrected chi connectivity index (χ3v) is 16.9. The van der Waals surface area contributed by atoms with E-state index in [0.717, 1.165) is 6.54 Å². The smallest absolute Gasteiger partial charge is 0.410 e. The van der Waals surface area contributed by atoms with Gasteiger partial charge in [-0.1, -0.05) is 55.4 Å². The fourth-order valence-corrected chi connectivity index (χ4v) is 12.7. The third kappa shape index (κ3) is 16.9. The minimum atomic E-state index is -1.95. The fourth-order valence-electron chi connectivity index (χ4n) is 12.7. The van der Waals surface area contributed by atoms with Crippen molar-refractivity contribution >= 4 is 23.8 Å². The lowest BCUT2D eigenvalue weighted by molar-refractivity contribution is -0.305. The van der Waals surface area contributed by atoms with Crippen molar-refractivity contribution in [2.75, 3.05) is 47.0 Å². The summed E-state index contributed by atoms with van der Waals surface area (Å²) in [6, 6.07) is 2.05. The number of methoxy groups -OCH3 is 2. The van der Waals surface area contributed by atoms with Crippen LogP contribution in [-0.4, -0.2) is 201 Å². The number of Topliss-reactive ketones (excluding diaryl/α,β-unsaturated/α-hetero) is 1. The van der Waals surface area contributed by atoms with Crippen molar-refractivity contribution in [3.8, 4) is 6.07 Å². The number of rotatable bonds is 15. The summed E-state index contributed by atoms with van der Waals surface area (Å²) >= 11 is 0. The van der Waals surface area contributed by atoms with E-state index in [1.165, 1.54) is 25.2 Å². The Labute approximate surface area is 476 Å². The Morgan fingerprint density at radius 1 is 0.787 bits per heavy atom. The van der Waals surface area contributed by atoms with E-state index >= 15 is 9.59 Å². The number of nitrogens with zero attached hydrogens (tertiary/aromatic N) is 3. The summed E-state index contributed by atoms with van der Waals surface area (Å²) in [6.07, 6.45) is -12.8. The predicted octanol–water partition coefficient (Wildman–Crippen LogP) is 6.36. The first-order valence-corrected chi connectivity index (χ1v) is 29.3. The van der Waals surface area contributed by atoms with Crippen molar-refractivity contribution < 1.29 is 86.2 Å². The molecule has 0 unspecified atom stereocenters. The minimum Gasteiger partial charge on any atom is -0.461 e. The van der Waals surface area contributed by atoms with Gasteiger partial charge in [-0.05, 0) is 92.2 Å². The van der Waals surface area contributed by atoms with Crippen LogP contribution in [0.3, 0.4) is 0 Å². The number of carbonyl (C=O) groups is 4. The number of esters is 2. The number of nitriles is 1. The number of cyclic esters (lactones) is 1. The summed E-state index contributed by atoms with van der Waals surface area (Å²) in [6.45, 7) is 31.0. The molecule has 5 fully saturated rings. The Balaban J connectivity index is 1.73. The number of ketones is 1. The van der Waals surface area contributed by atoms with E-state index in [9.17, 15) is 25.1 Å². The minimum absolute atomic E-state index is 0.00842. The third-order valence-electron chi connectivity index (χ3n) is 16.9. The topological polar surface area (TPSA) is 250 Å². The van der Waals surface area contributed by atoms with E-state index in [4.69, 9.17) is 56.8 Å². The van der Waals surface area contributed by atoms with Crippen LogP contribution in [0.15, 0.2) is 11.6 Å². The summed E-state index contributed by atoms with van der Waals surface area (Å²) in [5.41, 5.74) is -1.54. The van der Waals surface area contributed by atoms with E-state index in [1.807, 2.05) is 61.5 Å². The first-order valence-electron chi connectivity index (χ1n) is 29.3. The zero-order valence-corrected chi connectivity index (χ0v) is 51.1. The van der Waals surface area contributed by atoms with Gasteiger partial charge in [0.15, 0.2) is 30.3 Å². The lowest BCUT2D eigenvalue weighted by atomic mass is 9.74. The number of morpholine rings is 1. The number of aliphatic hydroxyl groups is 2. The van der Waals surface area contributed by atoms with E-state index in [1.54, 1.807) is 41.5 Å². The van der Waals surface area contributed by atoms with Crippen LogP contribution in [-0.2, 0) is 71.2 Å². The van der Waals surface area contributed by atoms with E-state index in [-0.39, 0.29) is 69.2 Å². The second-order valence-corrected chi connectivity index (χ2v) is 24.5. The van der Waals surface area contributed by atoms with Gasteiger partial charge in [0.05, 0.1) is 80.3 Å². The molecule has 21 nitrogen and oxygen atoms in total. The molecular weight excluding hydrogens is 1040 g/mol. The molecule has 5 aliphatic rings. The molecule has 5 heterocycles. The molecule has 0 aliphatic carbocycles. The molecule has 5 aliphatic heterocycles. The van der Waals surface area contributed by atoms with Gasteiger partial charge in [0.1, 0.15) is 36.6 Å². The van der Waals surface area contributed by atoms with Crippen LogP contribution >= 0.6 is 0 Å². The van der Waals surface area contributed by atoms with Crippen LogP contribution in [0.25, 0.3) is 0 Å². The zero-order valence-electron chi connectivity index (χ0n) is 51.1. The highest BCUT2D eigenvalue weighted by atomic mass is 16.7. The van der Waals surface area contributed by atoms with Crippen LogP contribution < -0.4 is 0 Å². The number of hydrogen-bond donors (Lipinski definition) is 2. The molecule has 0 spiro atoms. The Morgan fingerprint density at radius 2 is 1.43 bits per heavy atom. The Bertz CT molecular complexity index is 2080. The Morgan fingerprint density at radius 3 is 2.02 bits per heavy atom. The molecule has 0 bridgehead atoms. The van der Waals surface area contributed by atoms with Gasteiger partial charge in [-0.3, -0.25) is 19.3 Å². The summed E-state index contributed by atoms with van der Waals surface area (Å²) in [7, 11) is 2.92. The van der Waals surface area contributed by atoms with Gasteiger partial charge in [-0.2, -0.15) is 5.26 Å². The standard InChI is InChI=1S/C59H99N3O18/c1-19-61-26-37(10)73-45(23-33(61)6)77-51-38(11)48(79-56-47(65)43(20-21-60)24-34(7)74-56)31(4)25-59(16,80-58(68)62-27-35(8)72-36(9)28-62)54(66)40(13)50(76-44(63)22-30(2)3)39(12)49(78-55(67)41(51)14)32(5)29-71-57-53(70-18)52(69-17)46(64)42(15)75-57/h20,30-42,45-53,56-57,64-65H,19,22-29H2,1-18H3/b43-20+/t31-,32-,33+,34+,35-,36+,37-,38+,39-,40+,41+,42+,45-,46+,47+,48-,49+,50+,51-,52+,53+,56-,57+,59-/m0/s1. The van der Waals surface area contributed by atoms with Crippen molar-refractivity contribution in [3.63, 3.8) is 0 Å². The largest absolute Gasteiger partial charge is 0.461 e. The van der Waals surface area contributed by atoms with Gasteiger partial charge in [-0.15, -0.1) is 0 Å². The van der Waals surface area contributed by atoms with Crippen LogP contribution in [0.2, 0.25) is 0 Å². The van der Waals surface area contributed by atoms with Gasteiger partial charge in [0.2, 0.25) is 0 Å². The molecule has 0 aromatic rings. The van der Waals surface area contributed by atoms with E-state index in [0.29, 0.717) is 18.5 Å². The molecule has 80 heavy (non-hydrogen) atoms. The predicted molar refractivity (Wildman–Crippen MR) is 292 cm³/mol. The maximum absolute atomic E-state index is 16.0. The molecular formula is C59H99N3O18. The summed E-state index contributed by atoms with van der Waals surface area (Å²) in [5.74, 6) is -7.39. The lowest BCUT2D eigenvalue weighted by Gasteiger charge is -2.45. The highest BCUT2D eigenvalue weighted by molar-refractivity contribution is 5.91. The highest BCUT2D eigenvalue weighted by Crippen LogP contribution is 2.41. The number of ether oxygens (including phenoxy) is 12. The number of likely N-dealkylation sites (N-methyl/N-ethyl adjacent to an activating group) is 1. The monoisotopic (exact) mass is 1140 g/mol. The van der Waals surface area contributed by atoms with Crippen molar-refractivity contribution in [3.05, 3.63) is 11.6 Å². The first-order chi connectivity index (χ1) is 37.6. The molecule has 1 amide bonds. The quantitative estimate of drug-likeness (QED) is 0.103. The molecule has 0 aromatic carbocycles. The van der Waals surface area contributed by atoms with Crippen molar-refractivity contribution in [2.24, 2.45) is 41.4 Å². The molecule has 24 atom stereocenters. The normalized spacial score (nSPS) is 42.2. The first kappa shape index (κ1) is 67.4. The van der Waals surface area contributed by atoms with Gasteiger partial charge >= 0.3 is 18.0 Å². The van der Waals surface area contributed by atoms with Gasteiger partial charge in [0, 0.05) is 63.5 Å². The second kappa shape index (κ2) is 29.9. The maximum Gasteiger partial charge on any atom is 0.410 e. The molecule has 0 saturated carbocycles. The number of allylic oxidation sites excluding steroid dienone is 1. The molecule has 2 N–H and O–H groups in total. The number of amides is 1. The van der Waals surface area contributed by atoms with Crippen LogP contribution in [0, 0.1) is 52.8 Å². The maximum atomic E-state index is 16.0. The molecule has 5 saturated heterocycles. The molecule has 458 valence electrons.